The fraction of sp³-hybridized carbons (Fsp3) is 0.385. The summed E-state index contributed by atoms with van der Waals surface area (Å²) in [7, 11) is 1.53. The summed E-state index contributed by atoms with van der Waals surface area (Å²) >= 11 is 0. The van der Waals surface area contributed by atoms with Gasteiger partial charge in [0.2, 0.25) is 5.97 Å². The van der Waals surface area contributed by atoms with Gasteiger partial charge in [-0.2, -0.15) is 4.39 Å². The van der Waals surface area contributed by atoms with Crippen molar-refractivity contribution in [3.8, 4) is 5.75 Å². The number of halogens is 1. The predicted molar refractivity (Wildman–Crippen MR) is 65.3 cm³/mol. The monoisotopic (exact) mass is 248 g/mol. The van der Waals surface area contributed by atoms with E-state index in [9.17, 15) is 9.18 Å². The Kier molecular flexibility index (Phi) is 2.54. The number of amides is 1. The topological polar surface area (TPSA) is 41.9 Å². The lowest BCUT2D eigenvalue weighted by Gasteiger charge is -2.20. The molecule has 2 aliphatic heterocycles. The number of fused-ring (bicyclic) bond motifs is 2. The molecule has 2 heterocycles. The van der Waals surface area contributed by atoms with E-state index in [0.29, 0.717) is 30.0 Å². The van der Waals surface area contributed by atoms with Crippen LogP contribution in [0, 0.1) is 0 Å². The van der Waals surface area contributed by atoms with Crippen LogP contribution < -0.4 is 4.74 Å². The molecule has 5 heteroatoms. The molecule has 1 unspecified atom stereocenters. The van der Waals surface area contributed by atoms with Crippen LogP contribution in [-0.2, 0) is 0 Å². The first-order valence-corrected chi connectivity index (χ1v) is 5.94. The van der Waals surface area contributed by atoms with E-state index in [-0.39, 0.29) is 5.91 Å². The van der Waals surface area contributed by atoms with Gasteiger partial charge in [0.15, 0.2) is 0 Å². The zero-order valence-electron chi connectivity index (χ0n) is 10.0. The maximum atomic E-state index is 14.0. The maximum absolute atomic E-state index is 14.0. The number of hydrogen-bond donors (Lipinski definition) is 0. The van der Waals surface area contributed by atoms with Crippen LogP contribution in [0.2, 0.25) is 0 Å². The average Bonchev–Trinajstić information content (AvgIpc) is 2.84. The molecule has 0 bridgehead atoms. The minimum atomic E-state index is -0.490. The number of rotatable bonds is 1. The predicted octanol–water partition coefficient (Wildman–Crippen LogP) is 2.31. The first-order chi connectivity index (χ1) is 8.70. The highest BCUT2D eigenvalue weighted by atomic mass is 19.1. The maximum Gasteiger partial charge on any atom is 0.256 e. The molecule has 94 valence electrons. The van der Waals surface area contributed by atoms with Gasteiger partial charge in [-0.25, -0.2) is 4.99 Å². The largest absolute Gasteiger partial charge is 0.497 e. The molecule has 1 atom stereocenters. The summed E-state index contributed by atoms with van der Waals surface area (Å²) in [5, 5.41) is 0. The highest BCUT2D eigenvalue weighted by molar-refractivity contribution is 6.05. The molecule has 1 amide bonds. The summed E-state index contributed by atoms with van der Waals surface area (Å²) in [4.78, 5) is 17.9. The number of aliphatic imine (C=N–C) groups is 1. The second kappa shape index (κ2) is 4.08. The number of nitrogens with zero attached hydrogens (tertiary/aromatic N) is 2. The van der Waals surface area contributed by atoms with Crippen LogP contribution in [0.1, 0.15) is 23.2 Å². The third-order valence-corrected chi connectivity index (χ3v) is 3.45. The minimum Gasteiger partial charge on any atom is -0.497 e. The molecule has 18 heavy (non-hydrogen) atoms. The Morgan fingerprint density at radius 2 is 2.33 bits per heavy atom. The van der Waals surface area contributed by atoms with Crippen LogP contribution >= 0.6 is 0 Å². The second-order valence-corrected chi connectivity index (χ2v) is 4.47. The number of ether oxygens (including phenoxy) is 1. The summed E-state index contributed by atoms with van der Waals surface area (Å²) < 4.78 is 19.1. The molecule has 2 aliphatic rings. The number of carbonyl (C=O) groups is 1. The van der Waals surface area contributed by atoms with Crippen LogP contribution in [0.4, 0.5) is 10.1 Å². The molecule has 0 aliphatic carbocycles. The van der Waals surface area contributed by atoms with Crippen LogP contribution in [0.25, 0.3) is 0 Å². The normalized spacial score (nSPS) is 22.1. The number of hydrogen-bond acceptors (Lipinski definition) is 3. The van der Waals surface area contributed by atoms with E-state index < -0.39 is 12.0 Å². The van der Waals surface area contributed by atoms with E-state index in [2.05, 4.69) is 4.99 Å². The SMILES string of the molecule is COc1ccc2c(c1)C(=O)N1CCCC1C(F)=N2. The molecule has 0 radical (unpaired) electrons. The first kappa shape index (κ1) is 11.2. The zero-order valence-corrected chi connectivity index (χ0v) is 10.0. The van der Waals surface area contributed by atoms with Crippen molar-refractivity contribution in [1.82, 2.24) is 4.90 Å². The number of benzene rings is 1. The molecule has 4 nitrogen and oxygen atoms in total. The molecule has 1 aromatic rings. The molecule has 0 saturated carbocycles. The molecule has 1 aromatic carbocycles. The Balaban J connectivity index is 2.13. The third kappa shape index (κ3) is 1.58. The standard InChI is InChI=1S/C13H13FN2O2/c1-18-8-4-5-10-9(7-8)13(17)16-6-2-3-11(16)12(14)15-10/h4-5,7,11H,2-3,6H2,1H3. The van der Waals surface area contributed by atoms with E-state index in [1.165, 1.54) is 7.11 Å². The van der Waals surface area contributed by atoms with Crippen molar-refractivity contribution in [3.05, 3.63) is 23.8 Å². The molecule has 1 saturated heterocycles. The van der Waals surface area contributed by atoms with Gasteiger partial charge in [0, 0.05) is 6.54 Å². The molecule has 3 rings (SSSR count). The summed E-state index contributed by atoms with van der Waals surface area (Å²) in [6, 6.07) is 4.43. The molecule has 0 aromatic heterocycles. The van der Waals surface area contributed by atoms with Crippen molar-refractivity contribution < 1.29 is 13.9 Å². The van der Waals surface area contributed by atoms with Gasteiger partial charge in [-0.05, 0) is 31.0 Å². The Labute approximate surface area is 104 Å². The smallest absolute Gasteiger partial charge is 0.256 e. The molecular weight excluding hydrogens is 235 g/mol. The van der Waals surface area contributed by atoms with Crippen molar-refractivity contribution in [2.75, 3.05) is 13.7 Å². The van der Waals surface area contributed by atoms with Gasteiger partial charge in [-0.3, -0.25) is 4.79 Å². The molecule has 0 spiro atoms. The Hall–Kier alpha value is -1.91. The highest BCUT2D eigenvalue weighted by Crippen LogP contribution is 2.33. The van der Waals surface area contributed by atoms with E-state index in [1.54, 1.807) is 23.1 Å². The van der Waals surface area contributed by atoms with E-state index in [1.807, 2.05) is 0 Å². The Bertz CT molecular complexity index is 542. The van der Waals surface area contributed by atoms with Crippen molar-refractivity contribution in [2.45, 2.75) is 18.9 Å². The summed E-state index contributed by atoms with van der Waals surface area (Å²) in [5.74, 6) is -0.0529. The van der Waals surface area contributed by atoms with Crippen LogP contribution in [0.3, 0.4) is 0 Å². The van der Waals surface area contributed by atoms with Crippen molar-refractivity contribution in [1.29, 1.82) is 0 Å². The van der Waals surface area contributed by atoms with E-state index in [0.717, 1.165) is 6.42 Å². The average molecular weight is 248 g/mol. The van der Waals surface area contributed by atoms with E-state index in [4.69, 9.17) is 4.74 Å². The lowest BCUT2D eigenvalue weighted by atomic mass is 10.1. The quantitative estimate of drug-likeness (QED) is 0.765. The van der Waals surface area contributed by atoms with Crippen LogP contribution in [0.5, 0.6) is 5.75 Å². The zero-order chi connectivity index (χ0) is 12.7. The van der Waals surface area contributed by atoms with Crippen molar-refractivity contribution in [2.24, 2.45) is 4.99 Å². The van der Waals surface area contributed by atoms with E-state index >= 15 is 0 Å². The van der Waals surface area contributed by atoms with Gasteiger partial charge in [0.1, 0.15) is 11.8 Å². The fourth-order valence-electron chi connectivity index (χ4n) is 2.51. The number of methoxy groups -OCH3 is 1. The molecule has 1 fully saturated rings. The molecule has 0 N–H and O–H groups in total. The highest BCUT2D eigenvalue weighted by Gasteiger charge is 2.36. The van der Waals surface area contributed by atoms with Crippen LogP contribution in [0.15, 0.2) is 23.2 Å². The van der Waals surface area contributed by atoms with Gasteiger partial charge < -0.3 is 9.64 Å². The Morgan fingerprint density at radius 1 is 1.50 bits per heavy atom. The number of carbonyl (C=O) groups excluding carboxylic acids is 1. The van der Waals surface area contributed by atoms with Crippen LogP contribution in [-0.4, -0.2) is 36.5 Å². The fourth-order valence-corrected chi connectivity index (χ4v) is 2.51. The van der Waals surface area contributed by atoms with Gasteiger partial charge in [0.05, 0.1) is 18.4 Å². The van der Waals surface area contributed by atoms with Gasteiger partial charge >= 0.3 is 0 Å². The first-order valence-electron chi connectivity index (χ1n) is 5.94. The van der Waals surface area contributed by atoms with Gasteiger partial charge in [0.25, 0.3) is 5.91 Å². The minimum absolute atomic E-state index is 0.164. The van der Waals surface area contributed by atoms with Crippen molar-refractivity contribution in [3.63, 3.8) is 0 Å². The van der Waals surface area contributed by atoms with Gasteiger partial charge in [-0.1, -0.05) is 0 Å². The Morgan fingerprint density at radius 3 is 3.11 bits per heavy atom. The lowest BCUT2D eigenvalue weighted by molar-refractivity contribution is 0.0768. The molecular formula is C13H13FN2O2. The third-order valence-electron chi connectivity index (χ3n) is 3.45. The lowest BCUT2D eigenvalue weighted by Crippen LogP contribution is -2.37. The summed E-state index contributed by atoms with van der Waals surface area (Å²) in [6.45, 7) is 0.586. The summed E-state index contributed by atoms with van der Waals surface area (Å²) in [5.41, 5.74) is 0.793. The van der Waals surface area contributed by atoms with Crippen molar-refractivity contribution >= 4 is 17.6 Å². The van der Waals surface area contributed by atoms with Gasteiger partial charge in [-0.15, -0.1) is 0 Å². The summed E-state index contributed by atoms with van der Waals surface area (Å²) in [6.07, 6.45) is 1.46. The second-order valence-electron chi connectivity index (χ2n) is 4.47.